The average Bonchev–Trinajstić information content (AvgIpc) is 2.91. The second kappa shape index (κ2) is 6.05. The summed E-state index contributed by atoms with van der Waals surface area (Å²) in [5.41, 5.74) is 0. The number of carbonyl (C=O) groups excluding carboxylic acids is 1. The summed E-state index contributed by atoms with van der Waals surface area (Å²) in [5.74, 6) is 1.63. The summed E-state index contributed by atoms with van der Waals surface area (Å²) in [5, 5.41) is 3.41. The van der Waals surface area contributed by atoms with E-state index in [9.17, 15) is 4.79 Å². The molecule has 1 N–H and O–H groups in total. The molecular formula is C15H28N2O. The van der Waals surface area contributed by atoms with E-state index in [1.807, 2.05) is 4.90 Å². The van der Waals surface area contributed by atoms with Gasteiger partial charge in [0.15, 0.2) is 0 Å². The Morgan fingerprint density at radius 3 is 2.56 bits per heavy atom. The molecule has 2 atom stereocenters. The minimum Gasteiger partial charge on any atom is -0.326 e. The summed E-state index contributed by atoms with van der Waals surface area (Å²) in [7, 11) is 0. The van der Waals surface area contributed by atoms with Crippen LogP contribution in [0.4, 0.5) is 0 Å². The number of rotatable bonds is 5. The predicted octanol–water partition coefficient (Wildman–Crippen LogP) is 2.76. The zero-order chi connectivity index (χ0) is 13.1. The lowest BCUT2D eigenvalue weighted by Crippen LogP contribution is -2.35. The van der Waals surface area contributed by atoms with E-state index in [0.717, 1.165) is 12.5 Å². The highest BCUT2D eigenvalue weighted by molar-refractivity contribution is 5.84. The Morgan fingerprint density at radius 2 is 2.00 bits per heavy atom. The lowest BCUT2D eigenvalue weighted by Gasteiger charge is -2.21. The second-order valence-corrected chi connectivity index (χ2v) is 6.39. The van der Waals surface area contributed by atoms with Crippen LogP contribution in [0.5, 0.6) is 0 Å². The Balaban J connectivity index is 1.76. The van der Waals surface area contributed by atoms with E-state index in [2.05, 4.69) is 26.1 Å². The lowest BCUT2D eigenvalue weighted by atomic mass is 10.0. The van der Waals surface area contributed by atoms with Crippen LogP contribution in [0.3, 0.4) is 0 Å². The highest BCUT2D eigenvalue weighted by Gasteiger charge is 2.37. The van der Waals surface area contributed by atoms with E-state index in [-0.39, 0.29) is 12.2 Å². The van der Waals surface area contributed by atoms with E-state index in [1.54, 1.807) is 0 Å². The standard InChI is InChI=1S/C15H28N2O/c1-11(2)14-15(18)17(12(3)16-14)10-6-9-13-7-4-5-8-13/h11-14,16H,4-10H2,1-3H3. The van der Waals surface area contributed by atoms with Gasteiger partial charge in [-0.25, -0.2) is 0 Å². The first-order valence-electron chi connectivity index (χ1n) is 7.66. The molecule has 3 heteroatoms. The SMILES string of the molecule is CC(C)C1NC(C)N(CCCC2CCCC2)C1=O. The molecule has 1 saturated heterocycles. The molecule has 2 unspecified atom stereocenters. The molecule has 1 amide bonds. The van der Waals surface area contributed by atoms with Crippen molar-refractivity contribution in [2.24, 2.45) is 11.8 Å². The third-order valence-electron chi connectivity index (χ3n) is 4.59. The number of carbonyl (C=O) groups is 1. The van der Waals surface area contributed by atoms with Crippen molar-refractivity contribution < 1.29 is 4.79 Å². The zero-order valence-corrected chi connectivity index (χ0v) is 12.1. The van der Waals surface area contributed by atoms with Crippen molar-refractivity contribution in [3.05, 3.63) is 0 Å². The molecule has 1 heterocycles. The Bertz CT molecular complexity index is 284. The number of hydrogen-bond acceptors (Lipinski definition) is 2. The van der Waals surface area contributed by atoms with Crippen LogP contribution in [0.25, 0.3) is 0 Å². The summed E-state index contributed by atoms with van der Waals surface area (Å²) in [4.78, 5) is 14.3. The molecule has 2 aliphatic rings. The van der Waals surface area contributed by atoms with Crippen molar-refractivity contribution in [3.8, 4) is 0 Å². The van der Waals surface area contributed by atoms with Crippen molar-refractivity contribution in [1.29, 1.82) is 0 Å². The Morgan fingerprint density at radius 1 is 1.33 bits per heavy atom. The van der Waals surface area contributed by atoms with E-state index in [0.29, 0.717) is 11.8 Å². The number of nitrogens with one attached hydrogen (secondary N) is 1. The third-order valence-corrected chi connectivity index (χ3v) is 4.59. The van der Waals surface area contributed by atoms with Gasteiger partial charge in [0, 0.05) is 6.54 Å². The largest absolute Gasteiger partial charge is 0.326 e. The number of amides is 1. The van der Waals surface area contributed by atoms with E-state index >= 15 is 0 Å². The van der Waals surface area contributed by atoms with Gasteiger partial charge in [-0.05, 0) is 31.6 Å². The van der Waals surface area contributed by atoms with Gasteiger partial charge in [0.05, 0.1) is 12.2 Å². The van der Waals surface area contributed by atoms with Crippen LogP contribution in [0, 0.1) is 11.8 Å². The molecule has 2 rings (SSSR count). The first kappa shape index (κ1) is 13.9. The monoisotopic (exact) mass is 252 g/mol. The molecule has 2 fully saturated rings. The maximum Gasteiger partial charge on any atom is 0.241 e. The van der Waals surface area contributed by atoms with Crippen molar-refractivity contribution in [2.75, 3.05) is 6.54 Å². The third kappa shape index (κ3) is 3.05. The maximum atomic E-state index is 12.2. The van der Waals surface area contributed by atoms with Crippen LogP contribution in [-0.2, 0) is 4.79 Å². The van der Waals surface area contributed by atoms with E-state index in [4.69, 9.17) is 0 Å². The Labute approximate surface area is 111 Å². The number of nitrogens with zero attached hydrogens (tertiary/aromatic N) is 1. The summed E-state index contributed by atoms with van der Waals surface area (Å²) in [6.45, 7) is 7.27. The number of hydrogen-bond donors (Lipinski definition) is 1. The van der Waals surface area contributed by atoms with Crippen molar-refractivity contribution in [2.45, 2.75) is 71.5 Å². The molecule has 0 aromatic rings. The van der Waals surface area contributed by atoms with Crippen LogP contribution in [-0.4, -0.2) is 29.6 Å². The molecule has 1 saturated carbocycles. The molecule has 0 aromatic heterocycles. The molecule has 3 nitrogen and oxygen atoms in total. The fraction of sp³-hybridized carbons (Fsp3) is 0.933. The smallest absolute Gasteiger partial charge is 0.241 e. The van der Waals surface area contributed by atoms with Crippen LogP contribution >= 0.6 is 0 Å². The highest BCUT2D eigenvalue weighted by Crippen LogP contribution is 2.29. The van der Waals surface area contributed by atoms with Crippen molar-refractivity contribution >= 4 is 5.91 Å². The van der Waals surface area contributed by atoms with Gasteiger partial charge in [0.2, 0.25) is 5.91 Å². The molecular weight excluding hydrogens is 224 g/mol. The molecule has 0 spiro atoms. The first-order chi connectivity index (χ1) is 8.59. The topological polar surface area (TPSA) is 32.3 Å². The van der Waals surface area contributed by atoms with Gasteiger partial charge in [0.1, 0.15) is 0 Å². The van der Waals surface area contributed by atoms with Gasteiger partial charge in [-0.15, -0.1) is 0 Å². The van der Waals surface area contributed by atoms with Gasteiger partial charge >= 0.3 is 0 Å². The highest BCUT2D eigenvalue weighted by atomic mass is 16.2. The minimum absolute atomic E-state index is 0.0338. The fourth-order valence-corrected chi connectivity index (χ4v) is 3.42. The normalized spacial score (nSPS) is 29.8. The van der Waals surface area contributed by atoms with Crippen LogP contribution in [0.1, 0.15) is 59.3 Å². The lowest BCUT2D eigenvalue weighted by molar-refractivity contribution is -0.130. The Hall–Kier alpha value is -0.570. The fourth-order valence-electron chi connectivity index (χ4n) is 3.42. The molecule has 1 aliphatic heterocycles. The molecule has 0 aromatic carbocycles. The first-order valence-corrected chi connectivity index (χ1v) is 7.66. The van der Waals surface area contributed by atoms with Crippen LogP contribution in [0.15, 0.2) is 0 Å². The summed E-state index contributed by atoms with van der Waals surface area (Å²) in [6.07, 6.45) is 8.36. The van der Waals surface area contributed by atoms with Crippen molar-refractivity contribution in [1.82, 2.24) is 10.2 Å². The maximum absolute atomic E-state index is 12.2. The van der Waals surface area contributed by atoms with Gasteiger partial charge in [-0.2, -0.15) is 0 Å². The second-order valence-electron chi connectivity index (χ2n) is 6.39. The Kier molecular flexibility index (Phi) is 4.66. The molecule has 104 valence electrons. The molecule has 1 aliphatic carbocycles. The van der Waals surface area contributed by atoms with E-state index < -0.39 is 0 Å². The average molecular weight is 252 g/mol. The minimum atomic E-state index is 0.0338. The molecule has 18 heavy (non-hydrogen) atoms. The van der Waals surface area contributed by atoms with Gasteiger partial charge in [-0.1, -0.05) is 39.5 Å². The van der Waals surface area contributed by atoms with Gasteiger partial charge in [-0.3, -0.25) is 10.1 Å². The summed E-state index contributed by atoms with van der Waals surface area (Å²) < 4.78 is 0. The van der Waals surface area contributed by atoms with Crippen molar-refractivity contribution in [3.63, 3.8) is 0 Å². The quantitative estimate of drug-likeness (QED) is 0.816. The van der Waals surface area contributed by atoms with Gasteiger partial charge < -0.3 is 4.90 Å². The summed E-state index contributed by atoms with van der Waals surface area (Å²) >= 11 is 0. The van der Waals surface area contributed by atoms with Gasteiger partial charge in [0.25, 0.3) is 0 Å². The summed E-state index contributed by atoms with van der Waals surface area (Å²) in [6, 6.07) is 0.0338. The van der Waals surface area contributed by atoms with E-state index in [1.165, 1.54) is 38.5 Å². The zero-order valence-electron chi connectivity index (χ0n) is 12.1. The van der Waals surface area contributed by atoms with Crippen LogP contribution in [0.2, 0.25) is 0 Å². The predicted molar refractivity (Wildman–Crippen MR) is 74.1 cm³/mol. The molecule has 0 radical (unpaired) electrons. The molecule has 0 bridgehead atoms. The van der Waals surface area contributed by atoms with Crippen LogP contribution < -0.4 is 5.32 Å².